The second-order valence-electron chi connectivity index (χ2n) is 6.43. The van der Waals surface area contributed by atoms with Crippen LogP contribution in [0.4, 0.5) is 10.1 Å². The Labute approximate surface area is 167 Å². The lowest BCUT2D eigenvalue weighted by Gasteiger charge is -2.10. The molecule has 140 valence electrons. The van der Waals surface area contributed by atoms with Gasteiger partial charge in [-0.25, -0.2) is 4.39 Å². The highest BCUT2D eigenvalue weighted by Gasteiger charge is 2.20. The number of aryl methyl sites for hydroxylation is 1. The molecule has 2 aromatic carbocycles. The molecule has 0 bridgehead atoms. The summed E-state index contributed by atoms with van der Waals surface area (Å²) < 4.78 is 15.3. The molecule has 2 heterocycles. The highest BCUT2D eigenvalue weighted by Crippen LogP contribution is 2.35. The van der Waals surface area contributed by atoms with E-state index in [9.17, 15) is 9.18 Å². The molecule has 0 spiro atoms. The van der Waals surface area contributed by atoms with E-state index in [2.05, 4.69) is 12.2 Å². The average molecular weight is 390 g/mol. The van der Waals surface area contributed by atoms with Gasteiger partial charge in [0.25, 0.3) is 5.91 Å². The summed E-state index contributed by atoms with van der Waals surface area (Å²) >= 11 is 1.38. The molecule has 0 radical (unpaired) electrons. The molecule has 0 atom stereocenters. The van der Waals surface area contributed by atoms with Crippen molar-refractivity contribution in [3.8, 4) is 16.8 Å². The summed E-state index contributed by atoms with van der Waals surface area (Å²) in [7, 11) is 0. The van der Waals surface area contributed by atoms with Crippen LogP contribution in [0.3, 0.4) is 0 Å². The number of rotatable bonds is 5. The second-order valence-corrected chi connectivity index (χ2v) is 7.31. The molecule has 0 saturated carbocycles. The Kier molecular flexibility index (Phi) is 5.08. The molecule has 0 saturated heterocycles. The zero-order valence-corrected chi connectivity index (χ0v) is 16.2. The Morgan fingerprint density at radius 3 is 2.36 bits per heavy atom. The van der Waals surface area contributed by atoms with E-state index in [0.29, 0.717) is 4.88 Å². The van der Waals surface area contributed by atoms with Crippen molar-refractivity contribution in [3.63, 3.8) is 0 Å². The zero-order valence-electron chi connectivity index (χ0n) is 15.4. The molecule has 0 aliphatic rings. The SMILES string of the molecule is CCc1ccc(NC(=O)c2scc(-c3ccc(F)cc3)c2-n2cccc2)cc1. The van der Waals surface area contributed by atoms with Crippen molar-refractivity contribution in [2.24, 2.45) is 0 Å². The number of nitrogens with zero attached hydrogens (tertiary/aromatic N) is 1. The number of carbonyl (C=O) groups excluding carboxylic acids is 1. The van der Waals surface area contributed by atoms with Crippen LogP contribution in [-0.2, 0) is 6.42 Å². The number of carbonyl (C=O) groups is 1. The standard InChI is InChI=1S/C23H19FN2OS/c1-2-16-5-11-19(12-6-16)25-23(27)22-21(26-13-3-4-14-26)20(15-28-22)17-7-9-18(24)10-8-17/h3-15H,2H2,1H3,(H,25,27). The van der Waals surface area contributed by atoms with Gasteiger partial charge in [0.05, 0.1) is 5.69 Å². The Bertz CT molecular complexity index is 1080. The average Bonchev–Trinajstić information content (AvgIpc) is 3.38. The first-order chi connectivity index (χ1) is 13.7. The van der Waals surface area contributed by atoms with Crippen LogP contribution in [0.1, 0.15) is 22.2 Å². The van der Waals surface area contributed by atoms with E-state index in [1.165, 1.54) is 29.0 Å². The van der Waals surface area contributed by atoms with Crippen molar-refractivity contribution in [3.05, 3.63) is 94.7 Å². The number of halogens is 1. The first kappa shape index (κ1) is 18.2. The smallest absolute Gasteiger partial charge is 0.267 e. The van der Waals surface area contributed by atoms with E-state index in [1.807, 2.05) is 58.7 Å². The summed E-state index contributed by atoms with van der Waals surface area (Å²) in [6.45, 7) is 2.10. The maximum atomic E-state index is 13.3. The lowest BCUT2D eigenvalue weighted by Crippen LogP contribution is -2.13. The normalized spacial score (nSPS) is 10.8. The van der Waals surface area contributed by atoms with Gasteiger partial charge in [-0.2, -0.15) is 0 Å². The summed E-state index contributed by atoms with van der Waals surface area (Å²) in [5, 5.41) is 4.93. The number of aromatic nitrogens is 1. The predicted octanol–water partition coefficient (Wildman–Crippen LogP) is 6.16. The number of amides is 1. The van der Waals surface area contributed by atoms with Crippen molar-refractivity contribution in [1.82, 2.24) is 4.57 Å². The van der Waals surface area contributed by atoms with Crippen molar-refractivity contribution in [2.75, 3.05) is 5.32 Å². The topological polar surface area (TPSA) is 34.0 Å². The van der Waals surface area contributed by atoms with Gasteiger partial charge < -0.3 is 9.88 Å². The Hall–Kier alpha value is -3.18. The number of hydrogen-bond donors (Lipinski definition) is 1. The lowest BCUT2D eigenvalue weighted by atomic mass is 10.1. The summed E-state index contributed by atoms with van der Waals surface area (Å²) in [6, 6.07) is 18.0. The monoisotopic (exact) mass is 390 g/mol. The maximum Gasteiger partial charge on any atom is 0.267 e. The third-order valence-corrected chi connectivity index (χ3v) is 5.58. The van der Waals surface area contributed by atoms with Crippen LogP contribution in [-0.4, -0.2) is 10.5 Å². The second kappa shape index (κ2) is 7.82. The number of thiophene rings is 1. The molecular weight excluding hydrogens is 371 g/mol. The maximum absolute atomic E-state index is 13.3. The van der Waals surface area contributed by atoms with Gasteiger partial charge in [0, 0.05) is 29.0 Å². The molecule has 4 rings (SSSR count). The first-order valence-electron chi connectivity index (χ1n) is 9.07. The fourth-order valence-corrected chi connectivity index (χ4v) is 4.07. The van der Waals surface area contributed by atoms with Crippen LogP contribution in [0.5, 0.6) is 0 Å². The molecule has 0 fully saturated rings. The van der Waals surface area contributed by atoms with E-state index in [1.54, 1.807) is 12.1 Å². The lowest BCUT2D eigenvalue weighted by molar-refractivity contribution is 0.103. The zero-order chi connectivity index (χ0) is 19.5. The Balaban J connectivity index is 1.72. The fourth-order valence-electron chi connectivity index (χ4n) is 3.10. The van der Waals surface area contributed by atoms with E-state index < -0.39 is 0 Å². The molecule has 1 N–H and O–H groups in total. The molecule has 28 heavy (non-hydrogen) atoms. The van der Waals surface area contributed by atoms with Gasteiger partial charge >= 0.3 is 0 Å². The third kappa shape index (κ3) is 3.62. The van der Waals surface area contributed by atoms with E-state index in [0.717, 1.165) is 28.9 Å². The molecule has 2 aromatic heterocycles. The number of nitrogens with one attached hydrogen (secondary N) is 1. The predicted molar refractivity (Wildman–Crippen MR) is 113 cm³/mol. The quantitative estimate of drug-likeness (QED) is 0.435. The van der Waals surface area contributed by atoms with Crippen LogP contribution < -0.4 is 5.32 Å². The van der Waals surface area contributed by atoms with E-state index >= 15 is 0 Å². The molecule has 4 aromatic rings. The van der Waals surface area contributed by atoms with Crippen LogP contribution in [0, 0.1) is 5.82 Å². The number of anilines is 1. The van der Waals surface area contributed by atoms with Crippen molar-refractivity contribution in [1.29, 1.82) is 0 Å². The van der Waals surface area contributed by atoms with Crippen LogP contribution in [0.25, 0.3) is 16.8 Å². The summed E-state index contributed by atoms with van der Waals surface area (Å²) in [6.07, 6.45) is 4.77. The van der Waals surface area contributed by atoms with E-state index in [-0.39, 0.29) is 11.7 Å². The minimum atomic E-state index is -0.282. The molecule has 0 aliphatic heterocycles. The van der Waals surface area contributed by atoms with Gasteiger partial charge in [0.1, 0.15) is 10.7 Å². The molecular formula is C23H19FN2OS. The Morgan fingerprint density at radius 2 is 1.71 bits per heavy atom. The fraction of sp³-hybridized carbons (Fsp3) is 0.0870. The highest BCUT2D eigenvalue weighted by molar-refractivity contribution is 7.13. The van der Waals surface area contributed by atoms with Gasteiger partial charge in [-0.15, -0.1) is 11.3 Å². The van der Waals surface area contributed by atoms with Gasteiger partial charge in [-0.3, -0.25) is 4.79 Å². The van der Waals surface area contributed by atoms with Crippen molar-refractivity contribution in [2.45, 2.75) is 13.3 Å². The third-order valence-electron chi connectivity index (χ3n) is 4.61. The van der Waals surface area contributed by atoms with Gasteiger partial charge in [0.2, 0.25) is 0 Å². The molecule has 5 heteroatoms. The first-order valence-corrected chi connectivity index (χ1v) is 9.94. The minimum absolute atomic E-state index is 0.161. The number of hydrogen-bond acceptors (Lipinski definition) is 2. The largest absolute Gasteiger partial charge is 0.322 e. The van der Waals surface area contributed by atoms with Gasteiger partial charge in [-0.05, 0) is 53.9 Å². The molecule has 1 amide bonds. The molecule has 0 aliphatic carbocycles. The molecule has 3 nitrogen and oxygen atoms in total. The summed E-state index contributed by atoms with van der Waals surface area (Å²) in [5.74, 6) is -0.443. The van der Waals surface area contributed by atoms with E-state index in [4.69, 9.17) is 0 Å². The molecule has 0 unspecified atom stereocenters. The Morgan fingerprint density at radius 1 is 1.04 bits per heavy atom. The minimum Gasteiger partial charge on any atom is -0.322 e. The highest BCUT2D eigenvalue weighted by atomic mass is 32.1. The van der Waals surface area contributed by atoms with Crippen LogP contribution >= 0.6 is 11.3 Å². The van der Waals surface area contributed by atoms with Crippen molar-refractivity contribution >= 4 is 22.9 Å². The van der Waals surface area contributed by atoms with Crippen LogP contribution in [0.15, 0.2) is 78.4 Å². The van der Waals surface area contributed by atoms with Crippen molar-refractivity contribution < 1.29 is 9.18 Å². The number of benzene rings is 2. The van der Waals surface area contributed by atoms with Crippen LogP contribution in [0.2, 0.25) is 0 Å². The summed E-state index contributed by atoms with van der Waals surface area (Å²) in [4.78, 5) is 13.6. The van der Waals surface area contributed by atoms with Gasteiger partial charge in [-0.1, -0.05) is 31.2 Å². The summed E-state index contributed by atoms with van der Waals surface area (Å²) in [5.41, 5.74) is 4.54. The van der Waals surface area contributed by atoms with Gasteiger partial charge in [0.15, 0.2) is 0 Å².